The van der Waals surface area contributed by atoms with Crippen molar-refractivity contribution in [1.29, 1.82) is 0 Å². The van der Waals surface area contributed by atoms with Crippen LogP contribution in [0.25, 0.3) is 0 Å². The third-order valence-electron chi connectivity index (χ3n) is 5.60. The van der Waals surface area contributed by atoms with Crippen LogP contribution in [0.2, 0.25) is 18.1 Å². The van der Waals surface area contributed by atoms with E-state index in [0.717, 1.165) is 6.42 Å². The molecule has 0 spiro atoms. The van der Waals surface area contributed by atoms with E-state index < -0.39 is 8.32 Å². The van der Waals surface area contributed by atoms with Gasteiger partial charge in [-0.05, 0) is 43.0 Å². The molecule has 1 aliphatic carbocycles. The number of carbonyl (C=O) groups excluding carboxylic acids is 1. The number of rotatable bonds is 2. The minimum Gasteiger partial charge on any atom is -0.459 e. The zero-order valence-corrected chi connectivity index (χ0v) is 15.5. The average Bonchev–Trinajstić information content (AvgIpc) is 2.31. The topological polar surface area (TPSA) is 35.5 Å². The normalized spacial score (nSPS) is 34.0. The van der Waals surface area contributed by atoms with E-state index in [-0.39, 0.29) is 23.2 Å². The summed E-state index contributed by atoms with van der Waals surface area (Å²) in [6.45, 7) is 15.5. The van der Waals surface area contributed by atoms with Crippen LogP contribution in [-0.4, -0.2) is 26.5 Å². The number of carbonyl (C=O) groups is 1. The highest BCUT2D eigenvalue weighted by Gasteiger charge is 2.47. The van der Waals surface area contributed by atoms with Gasteiger partial charge in [0.2, 0.25) is 0 Å². The minimum atomic E-state index is -1.89. The molecular formula is C17H30O3Si. The van der Waals surface area contributed by atoms with Crippen molar-refractivity contribution in [2.75, 3.05) is 0 Å². The van der Waals surface area contributed by atoms with Crippen LogP contribution in [0.5, 0.6) is 0 Å². The minimum absolute atomic E-state index is 0.0589. The van der Waals surface area contributed by atoms with Crippen LogP contribution >= 0.6 is 0 Å². The third-order valence-corrected chi connectivity index (χ3v) is 10.1. The van der Waals surface area contributed by atoms with Crippen molar-refractivity contribution in [2.45, 2.75) is 77.8 Å². The summed E-state index contributed by atoms with van der Waals surface area (Å²) in [4.78, 5) is 11.9. The number of fused-ring (bicyclic) bond motifs is 1. The first-order valence-electron chi connectivity index (χ1n) is 8.07. The van der Waals surface area contributed by atoms with Crippen LogP contribution in [0.1, 0.15) is 47.5 Å². The van der Waals surface area contributed by atoms with E-state index in [1.54, 1.807) is 0 Å². The molecule has 1 heterocycles. The fourth-order valence-corrected chi connectivity index (χ4v) is 4.34. The molecule has 0 bridgehead atoms. The summed E-state index contributed by atoms with van der Waals surface area (Å²) in [5.74, 6) is 0.717. The van der Waals surface area contributed by atoms with E-state index in [1.807, 2.05) is 0 Å². The van der Waals surface area contributed by atoms with Crippen LogP contribution in [-0.2, 0) is 14.0 Å². The molecule has 120 valence electrons. The SMILES string of the molecule is CC1=CC[C@H]2[C@@H](OC(=O)C[C@H]2C)[C@@H]1O[Si](C)(C)C(C)(C)C. The van der Waals surface area contributed by atoms with Gasteiger partial charge in [0.15, 0.2) is 8.32 Å². The summed E-state index contributed by atoms with van der Waals surface area (Å²) < 4.78 is 12.3. The van der Waals surface area contributed by atoms with Crippen LogP contribution < -0.4 is 0 Å². The fraction of sp³-hybridized carbons (Fsp3) is 0.824. The van der Waals surface area contributed by atoms with Gasteiger partial charge in [0.1, 0.15) is 12.2 Å². The van der Waals surface area contributed by atoms with E-state index in [1.165, 1.54) is 5.57 Å². The average molecular weight is 311 g/mol. The third kappa shape index (κ3) is 3.26. The lowest BCUT2D eigenvalue weighted by Gasteiger charge is -2.47. The first kappa shape index (κ1) is 16.8. The molecule has 0 unspecified atom stereocenters. The van der Waals surface area contributed by atoms with Crippen molar-refractivity contribution in [2.24, 2.45) is 11.8 Å². The molecule has 3 nitrogen and oxygen atoms in total. The van der Waals surface area contributed by atoms with E-state index in [4.69, 9.17) is 9.16 Å². The number of ether oxygens (including phenoxy) is 1. The Labute approximate surface area is 130 Å². The Balaban J connectivity index is 2.26. The predicted octanol–water partition coefficient (Wildman–Crippen LogP) is 4.29. The van der Waals surface area contributed by atoms with Crippen molar-refractivity contribution in [3.8, 4) is 0 Å². The zero-order chi connectivity index (χ0) is 16.0. The van der Waals surface area contributed by atoms with Gasteiger partial charge in [-0.3, -0.25) is 4.79 Å². The summed E-state index contributed by atoms with van der Waals surface area (Å²) in [6, 6.07) is 0. The quantitative estimate of drug-likeness (QED) is 0.433. The van der Waals surface area contributed by atoms with Gasteiger partial charge in [-0.2, -0.15) is 0 Å². The summed E-state index contributed by atoms with van der Waals surface area (Å²) in [5.41, 5.74) is 1.22. The number of allylic oxidation sites excluding steroid dienone is 1. The second-order valence-electron chi connectivity index (χ2n) is 8.28. The molecule has 21 heavy (non-hydrogen) atoms. The van der Waals surface area contributed by atoms with Crippen molar-refractivity contribution in [1.82, 2.24) is 0 Å². The van der Waals surface area contributed by atoms with Gasteiger partial charge in [0.05, 0.1) is 0 Å². The van der Waals surface area contributed by atoms with Gasteiger partial charge in [-0.1, -0.05) is 33.8 Å². The van der Waals surface area contributed by atoms with Crippen LogP contribution in [0.15, 0.2) is 11.6 Å². The second kappa shape index (κ2) is 5.54. The number of hydrogen-bond acceptors (Lipinski definition) is 3. The molecule has 2 rings (SSSR count). The molecule has 0 amide bonds. The molecule has 0 aromatic carbocycles. The summed E-state index contributed by atoms with van der Waals surface area (Å²) in [5, 5.41) is 0.157. The Kier molecular flexibility index (Phi) is 4.42. The first-order chi connectivity index (χ1) is 9.53. The highest BCUT2D eigenvalue weighted by atomic mass is 28.4. The first-order valence-corrected chi connectivity index (χ1v) is 11.0. The van der Waals surface area contributed by atoms with Crippen molar-refractivity contribution < 1.29 is 14.0 Å². The molecule has 4 heteroatoms. The predicted molar refractivity (Wildman–Crippen MR) is 87.6 cm³/mol. The molecular weight excluding hydrogens is 280 g/mol. The van der Waals surface area contributed by atoms with Gasteiger partial charge >= 0.3 is 5.97 Å². The van der Waals surface area contributed by atoms with Crippen molar-refractivity contribution >= 4 is 14.3 Å². The van der Waals surface area contributed by atoms with Crippen LogP contribution in [0, 0.1) is 11.8 Å². The zero-order valence-electron chi connectivity index (χ0n) is 14.5. The maximum atomic E-state index is 11.9. The van der Waals surface area contributed by atoms with E-state index in [9.17, 15) is 4.79 Å². The lowest BCUT2D eigenvalue weighted by atomic mass is 9.75. The maximum absolute atomic E-state index is 11.9. The van der Waals surface area contributed by atoms with Crippen LogP contribution in [0.3, 0.4) is 0 Å². The lowest BCUT2D eigenvalue weighted by molar-refractivity contribution is -0.170. The Hall–Kier alpha value is -0.613. The van der Waals surface area contributed by atoms with Gasteiger partial charge in [0.25, 0.3) is 0 Å². The fourth-order valence-electron chi connectivity index (χ4n) is 3.03. The molecule has 0 saturated carbocycles. The molecule has 0 N–H and O–H groups in total. The molecule has 0 aromatic heterocycles. The Bertz CT molecular complexity index is 447. The number of esters is 1. The molecule has 1 aliphatic heterocycles. The molecule has 4 atom stereocenters. The summed E-state index contributed by atoms with van der Waals surface area (Å²) >= 11 is 0. The Morgan fingerprint density at radius 2 is 1.95 bits per heavy atom. The Morgan fingerprint density at radius 1 is 1.33 bits per heavy atom. The molecule has 1 saturated heterocycles. The highest BCUT2D eigenvalue weighted by Crippen LogP contribution is 2.43. The summed E-state index contributed by atoms with van der Waals surface area (Å²) in [7, 11) is -1.89. The van der Waals surface area contributed by atoms with E-state index >= 15 is 0 Å². The largest absolute Gasteiger partial charge is 0.459 e. The van der Waals surface area contributed by atoms with Crippen molar-refractivity contribution in [3.05, 3.63) is 11.6 Å². The molecule has 1 fully saturated rings. The monoisotopic (exact) mass is 310 g/mol. The second-order valence-corrected chi connectivity index (χ2v) is 13.0. The molecule has 0 aromatic rings. The standard InChI is InChI=1S/C17H30O3Si/c1-11-8-9-13-12(2)10-14(18)19-16(13)15(11)20-21(6,7)17(3,4)5/h8,12-13,15-16H,9-10H2,1-7H3/t12-,13-,15-,16-/m1/s1. The Morgan fingerprint density at radius 3 is 2.52 bits per heavy atom. The number of hydrogen-bond donors (Lipinski definition) is 0. The smallest absolute Gasteiger partial charge is 0.306 e. The van der Waals surface area contributed by atoms with Gasteiger partial charge in [0, 0.05) is 12.3 Å². The summed E-state index contributed by atoms with van der Waals surface area (Å²) in [6.07, 6.45) is 3.68. The van der Waals surface area contributed by atoms with Gasteiger partial charge in [-0.25, -0.2) is 0 Å². The molecule has 2 aliphatic rings. The highest BCUT2D eigenvalue weighted by molar-refractivity contribution is 6.74. The van der Waals surface area contributed by atoms with Gasteiger partial charge in [-0.15, -0.1) is 0 Å². The van der Waals surface area contributed by atoms with E-state index in [2.05, 4.69) is 53.8 Å². The van der Waals surface area contributed by atoms with Crippen LogP contribution in [0.4, 0.5) is 0 Å². The molecule has 0 radical (unpaired) electrons. The maximum Gasteiger partial charge on any atom is 0.306 e. The van der Waals surface area contributed by atoms with Crippen molar-refractivity contribution in [3.63, 3.8) is 0 Å². The lowest BCUT2D eigenvalue weighted by Crippen LogP contribution is -2.54. The van der Waals surface area contributed by atoms with E-state index in [0.29, 0.717) is 18.3 Å². The van der Waals surface area contributed by atoms with Gasteiger partial charge < -0.3 is 9.16 Å².